The van der Waals surface area contributed by atoms with Gasteiger partial charge < -0.3 is 14.4 Å². The van der Waals surface area contributed by atoms with E-state index >= 15 is 0 Å². The molecule has 0 aromatic carbocycles. The van der Waals surface area contributed by atoms with E-state index in [1.165, 1.54) is 18.4 Å². The number of carbonyl (C=O) groups is 2. The van der Waals surface area contributed by atoms with Gasteiger partial charge in [-0.25, -0.2) is 9.78 Å². The maximum atomic E-state index is 12.4. The monoisotopic (exact) mass is 314 g/mol. The van der Waals surface area contributed by atoms with Crippen LogP contribution in [-0.4, -0.2) is 49.1 Å². The second-order valence-corrected chi connectivity index (χ2v) is 6.53. The molecule has 0 spiro atoms. The Hall–Kier alpha value is -1.47. The summed E-state index contributed by atoms with van der Waals surface area (Å²) in [5.41, 5.74) is -0.205. The number of carbonyl (C=O) groups excluding carboxylic acids is 2. The minimum atomic E-state index is -0.476. The van der Waals surface area contributed by atoms with E-state index in [1.54, 1.807) is 17.4 Å². The van der Waals surface area contributed by atoms with Gasteiger partial charge in [0.2, 0.25) is 5.91 Å². The lowest BCUT2D eigenvalue weighted by Gasteiger charge is -2.28. The highest BCUT2D eigenvalue weighted by molar-refractivity contribution is 7.09. The first kappa shape index (κ1) is 17.6. The number of ether oxygens (including phenoxy) is 2. The predicted molar refractivity (Wildman–Crippen MR) is 80.2 cm³/mol. The van der Waals surface area contributed by atoms with Crippen LogP contribution in [0.25, 0.3) is 0 Å². The molecule has 1 amide bonds. The smallest absolute Gasteiger partial charge is 0.357 e. The summed E-state index contributed by atoms with van der Waals surface area (Å²) in [6, 6.07) is 0. The van der Waals surface area contributed by atoms with Gasteiger partial charge >= 0.3 is 5.97 Å². The summed E-state index contributed by atoms with van der Waals surface area (Å²) in [5, 5.41) is 2.33. The molecular formula is C14H22N2O4S. The van der Waals surface area contributed by atoms with Crippen molar-refractivity contribution >= 4 is 23.2 Å². The molecule has 1 aromatic rings. The van der Waals surface area contributed by atoms with Crippen LogP contribution in [0.4, 0.5) is 0 Å². The highest BCUT2D eigenvalue weighted by Crippen LogP contribution is 2.20. The van der Waals surface area contributed by atoms with Crippen LogP contribution in [0, 0.1) is 5.41 Å². The van der Waals surface area contributed by atoms with E-state index in [0.717, 1.165) is 0 Å². The molecule has 0 saturated heterocycles. The van der Waals surface area contributed by atoms with Gasteiger partial charge in [-0.05, 0) is 0 Å². The maximum Gasteiger partial charge on any atom is 0.357 e. The minimum Gasteiger partial charge on any atom is -0.464 e. The number of esters is 1. The Morgan fingerprint density at radius 2 is 2.00 bits per heavy atom. The van der Waals surface area contributed by atoms with E-state index in [2.05, 4.69) is 9.72 Å². The number of amides is 1. The van der Waals surface area contributed by atoms with Crippen molar-refractivity contribution in [3.8, 4) is 0 Å². The van der Waals surface area contributed by atoms with Crippen LogP contribution in [0.3, 0.4) is 0 Å². The number of hydrogen-bond donors (Lipinski definition) is 0. The maximum absolute atomic E-state index is 12.4. The molecule has 0 saturated carbocycles. The first-order valence-electron chi connectivity index (χ1n) is 6.60. The third-order valence-corrected chi connectivity index (χ3v) is 3.60. The molecule has 0 N–H and O–H groups in total. The molecule has 1 heterocycles. The van der Waals surface area contributed by atoms with E-state index in [4.69, 9.17) is 4.74 Å². The number of methoxy groups -OCH3 is 2. The van der Waals surface area contributed by atoms with Crippen molar-refractivity contribution in [3.05, 3.63) is 16.1 Å². The molecule has 0 atom stereocenters. The molecule has 118 valence electrons. The Balaban J connectivity index is 2.83. The number of rotatable bonds is 6. The highest BCUT2D eigenvalue weighted by Gasteiger charge is 2.28. The predicted octanol–water partition coefficient (Wildman–Crippen LogP) is 1.95. The Bertz CT molecular complexity index is 493. The molecule has 0 aliphatic rings. The molecule has 7 heteroatoms. The fourth-order valence-electron chi connectivity index (χ4n) is 1.67. The first-order valence-corrected chi connectivity index (χ1v) is 7.48. The van der Waals surface area contributed by atoms with E-state index in [0.29, 0.717) is 24.7 Å². The van der Waals surface area contributed by atoms with E-state index in [-0.39, 0.29) is 11.6 Å². The molecule has 6 nitrogen and oxygen atoms in total. The summed E-state index contributed by atoms with van der Waals surface area (Å²) < 4.78 is 9.67. The van der Waals surface area contributed by atoms with Crippen molar-refractivity contribution in [2.75, 3.05) is 27.4 Å². The van der Waals surface area contributed by atoms with Gasteiger partial charge in [0.05, 0.1) is 20.3 Å². The zero-order valence-electron chi connectivity index (χ0n) is 13.1. The lowest BCUT2D eigenvalue weighted by atomic mass is 9.95. The summed E-state index contributed by atoms with van der Waals surface area (Å²) in [6.45, 7) is 6.92. The van der Waals surface area contributed by atoms with Crippen LogP contribution in [0.15, 0.2) is 5.38 Å². The van der Waals surface area contributed by atoms with Crippen molar-refractivity contribution in [1.29, 1.82) is 0 Å². The number of thiazole rings is 1. The molecule has 0 aliphatic carbocycles. The summed E-state index contributed by atoms with van der Waals surface area (Å²) in [6.07, 6.45) is 0. The van der Waals surface area contributed by atoms with Crippen LogP contribution >= 0.6 is 11.3 Å². The van der Waals surface area contributed by atoms with Gasteiger partial charge in [-0.15, -0.1) is 11.3 Å². The van der Waals surface area contributed by atoms with Crippen LogP contribution in [-0.2, 0) is 20.8 Å². The quantitative estimate of drug-likeness (QED) is 0.751. The van der Waals surface area contributed by atoms with Crippen molar-refractivity contribution in [3.63, 3.8) is 0 Å². The lowest BCUT2D eigenvalue weighted by molar-refractivity contribution is -0.140. The van der Waals surface area contributed by atoms with Gasteiger partial charge in [-0.3, -0.25) is 4.79 Å². The Labute approximate surface area is 129 Å². The molecule has 0 radical (unpaired) electrons. The second kappa shape index (κ2) is 7.51. The van der Waals surface area contributed by atoms with E-state index < -0.39 is 11.4 Å². The summed E-state index contributed by atoms with van der Waals surface area (Å²) in [5.74, 6) is -0.447. The summed E-state index contributed by atoms with van der Waals surface area (Å²) in [4.78, 5) is 29.7. The average Bonchev–Trinajstić information content (AvgIpc) is 2.89. The zero-order valence-corrected chi connectivity index (χ0v) is 14.0. The molecule has 0 aliphatic heterocycles. The normalized spacial score (nSPS) is 11.3. The number of aromatic nitrogens is 1. The summed E-state index contributed by atoms with van der Waals surface area (Å²) >= 11 is 1.34. The molecule has 0 unspecified atom stereocenters. The van der Waals surface area contributed by atoms with Gasteiger partial charge in [-0.2, -0.15) is 0 Å². The van der Waals surface area contributed by atoms with Crippen LogP contribution in [0.5, 0.6) is 0 Å². The van der Waals surface area contributed by atoms with Crippen LogP contribution in [0.2, 0.25) is 0 Å². The van der Waals surface area contributed by atoms with Crippen LogP contribution in [0.1, 0.15) is 36.3 Å². The second-order valence-electron chi connectivity index (χ2n) is 5.59. The molecule has 0 fully saturated rings. The average molecular weight is 314 g/mol. The van der Waals surface area contributed by atoms with E-state index in [1.807, 2.05) is 20.8 Å². The first-order chi connectivity index (χ1) is 9.79. The fraction of sp³-hybridized carbons (Fsp3) is 0.643. The van der Waals surface area contributed by atoms with Crippen molar-refractivity contribution in [2.45, 2.75) is 27.3 Å². The van der Waals surface area contributed by atoms with Gasteiger partial charge in [-0.1, -0.05) is 20.8 Å². The Morgan fingerprint density at radius 1 is 1.33 bits per heavy atom. The van der Waals surface area contributed by atoms with Gasteiger partial charge in [0.25, 0.3) is 0 Å². The third-order valence-electron chi connectivity index (χ3n) is 2.77. The molecule has 1 rings (SSSR count). The molecule has 1 aromatic heterocycles. The van der Waals surface area contributed by atoms with Crippen molar-refractivity contribution in [2.24, 2.45) is 5.41 Å². The van der Waals surface area contributed by atoms with Gasteiger partial charge in [0, 0.05) is 24.4 Å². The molecule has 21 heavy (non-hydrogen) atoms. The minimum absolute atomic E-state index is 0.0226. The van der Waals surface area contributed by atoms with Gasteiger partial charge in [0.15, 0.2) is 5.69 Å². The third kappa shape index (κ3) is 5.09. The Morgan fingerprint density at radius 3 is 2.52 bits per heavy atom. The van der Waals surface area contributed by atoms with E-state index in [9.17, 15) is 9.59 Å². The van der Waals surface area contributed by atoms with Crippen molar-refractivity contribution in [1.82, 2.24) is 9.88 Å². The largest absolute Gasteiger partial charge is 0.464 e. The van der Waals surface area contributed by atoms with Gasteiger partial charge in [0.1, 0.15) is 5.01 Å². The van der Waals surface area contributed by atoms with Crippen molar-refractivity contribution < 1.29 is 19.1 Å². The standard InChI is InChI=1S/C14H22N2O4S/c1-14(2,3)13(18)16(6-7-19-4)8-11-15-10(9-21-11)12(17)20-5/h9H,6-8H2,1-5H3. The number of hydrogen-bond acceptors (Lipinski definition) is 6. The van der Waals surface area contributed by atoms with Crippen LogP contribution < -0.4 is 0 Å². The molecule has 0 bridgehead atoms. The highest BCUT2D eigenvalue weighted by atomic mass is 32.1. The SMILES string of the molecule is COCCN(Cc1nc(C(=O)OC)cs1)C(=O)C(C)(C)C. The topological polar surface area (TPSA) is 68.7 Å². The Kier molecular flexibility index (Phi) is 6.29. The number of nitrogens with zero attached hydrogens (tertiary/aromatic N) is 2. The summed E-state index contributed by atoms with van der Waals surface area (Å²) in [7, 11) is 2.91. The molecular weight excluding hydrogens is 292 g/mol. The fourth-order valence-corrected chi connectivity index (χ4v) is 2.45. The zero-order chi connectivity index (χ0) is 16.0. The lowest BCUT2D eigenvalue weighted by Crippen LogP contribution is -2.40.